The smallest absolute Gasteiger partial charge is 0.256 e. The molecule has 1 aliphatic rings. The molecule has 28 heavy (non-hydrogen) atoms. The van der Waals surface area contributed by atoms with Gasteiger partial charge in [-0.2, -0.15) is 0 Å². The summed E-state index contributed by atoms with van der Waals surface area (Å²) in [6.45, 7) is 6.77. The number of carbonyl (C=O) groups is 2. The summed E-state index contributed by atoms with van der Waals surface area (Å²) in [5.41, 5.74) is 7.74. The van der Waals surface area contributed by atoms with Gasteiger partial charge in [-0.1, -0.05) is 37.6 Å². The topological polar surface area (TPSA) is 75.4 Å². The number of nitrogens with two attached hydrogens (primary N) is 1. The lowest BCUT2D eigenvalue weighted by molar-refractivity contribution is 0.0731. The predicted molar refractivity (Wildman–Crippen MR) is 109 cm³/mol. The zero-order chi connectivity index (χ0) is 20.5. The van der Waals surface area contributed by atoms with Crippen LogP contribution < -0.4 is 11.1 Å². The molecule has 6 heteroatoms. The Morgan fingerprint density at radius 2 is 1.79 bits per heavy atom. The minimum Gasteiger partial charge on any atom is -0.366 e. The lowest BCUT2D eigenvalue weighted by Gasteiger charge is -2.27. The second-order valence-corrected chi connectivity index (χ2v) is 6.79. The Balaban J connectivity index is 0.000000237. The summed E-state index contributed by atoms with van der Waals surface area (Å²) in [7, 11) is 0. The van der Waals surface area contributed by atoms with Gasteiger partial charge in [-0.15, -0.1) is 0 Å². The molecule has 1 fully saturated rings. The van der Waals surface area contributed by atoms with Crippen molar-refractivity contribution in [3.8, 4) is 0 Å². The van der Waals surface area contributed by atoms with Gasteiger partial charge in [0.05, 0.1) is 5.56 Å². The minimum atomic E-state index is -0.399. The largest absolute Gasteiger partial charge is 0.366 e. The van der Waals surface area contributed by atoms with Crippen LogP contribution in [0.4, 0.5) is 4.39 Å². The maximum absolute atomic E-state index is 13.9. The number of hydrogen-bond acceptors (Lipinski definition) is 3. The van der Waals surface area contributed by atoms with E-state index in [0.29, 0.717) is 18.7 Å². The summed E-state index contributed by atoms with van der Waals surface area (Å²) in [6, 6.07) is 12.2. The Morgan fingerprint density at radius 1 is 1.11 bits per heavy atom. The second-order valence-electron chi connectivity index (χ2n) is 6.79. The van der Waals surface area contributed by atoms with Crippen LogP contribution in [0, 0.1) is 12.7 Å². The molecule has 1 saturated heterocycles. The van der Waals surface area contributed by atoms with E-state index < -0.39 is 5.82 Å². The summed E-state index contributed by atoms with van der Waals surface area (Å²) in [5, 5.41) is 3.17. The number of piperazine rings is 1. The number of hydrogen-bond donors (Lipinski definition) is 2. The number of rotatable bonds is 4. The van der Waals surface area contributed by atoms with Crippen molar-refractivity contribution >= 4 is 11.8 Å². The number of amides is 2. The van der Waals surface area contributed by atoms with E-state index in [1.807, 2.05) is 25.1 Å². The molecule has 0 spiro atoms. The summed E-state index contributed by atoms with van der Waals surface area (Å²) < 4.78 is 13.9. The zero-order valence-corrected chi connectivity index (χ0v) is 16.5. The second kappa shape index (κ2) is 10.6. The molecule has 0 radical (unpaired) electrons. The van der Waals surface area contributed by atoms with Gasteiger partial charge in [0.2, 0.25) is 5.91 Å². The van der Waals surface area contributed by atoms with Gasteiger partial charge in [0, 0.05) is 31.7 Å². The SMILES string of the molecule is CCCc1ccc(C(=O)N2CCNCC2)c(F)c1.Cc1ccccc1C(N)=O. The molecule has 5 nitrogen and oxygen atoms in total. The van der Waals surface area contributed by atoms with Gasteiger partial charge >= 0.3 is 0 Å². The van der Waals surface area contributed by atoms with Crippen LogP contribution in [0.15, 0.2) is 42.5 Å². The van der Waals surface area contributed by atoms with Crippen molar-refractivity contribution in [3.05, 3.63) is 70.5 Å². The monoisotopic (exact) mass is 385 g/mol. The fourth-order valence-corrected chi connectivity index (χ4v) is 3.06. The molecule has 3 rings (SSSR count). The first-order valence-electron chi connectivity index (χ1n) is 9.58. The summed E-state index contributed by atoms with van der Waals surface area (Å²) in [5.74, 6) is -0.959. The molecule has 1 aliphatic heterocycles. The number of primary amides is 1. The maximum atomic E-state index is 13.9. The van der Waals surface area contributed by atoms with E-state index in [2.05, 4.69) is 12.2 Å². The predicted octanol–water partition coefficient (Wildman–Crippen LogP) is 2.92. The number of carbonyl (C=O) groups excluding carboxylic acids is 2. The highest BCUT2D eigenvalue weighted by Crippen LogP contribution is 2.14. The minimum absolute atomic E-state index is 0.191. The van der Waals surface area contributed by atoms with Crippen molar-refractivity contribution < 1.29 is 14.0 Å². The van der Waals surface area contributed by atoms with E-state index in [-0.39, 0.29) is 17.4 Å². The molecule has 3 N–H and O–H groups in total. The van der Waals surface area contributed by atoms with Crippen molar-refractivity contribution in [1.82, 2.24) is 10.2 Å². The first kappa shape index (κ1) is 21.6. The molecule has 2 amide bonds. The highest BCUT2D eigenvalue weighted by Gasteiger charge is 2.20. The molecular formula is C22H28FN3O2. The number of nitrogens with zero attached hydrogens (tertiary/aromatic N) is 1. The molecule has 0 aliphatic carbocycles. The number of nitrogens with one attached hydrogen (secondary N) is 1. The van der Waals surface area contributed by atoms with Crippen LogP contribution in [-0.4, -0.2) is 42.9 Å². The number of aryl methyl sites for hydroxylation is 2. The Kier molecular flexibility index (Phi) is 8.14. The highest BCUT2D eigenvalue weighted by atomic mass is 19.1. The van der Waals surface area contributed by atoms with Crippen LogP contribution >= 0.6 is 0 Å². The molecule has 0 unspecified atom stereocenters. The molecule has 150 valence electrons. The molecule has 0 atom stereocenters. The van der Waals surface area contributed by atoms with Crippen molar-refractivity contribution in [2.24, 2.45) is 5.73 Å². The van der Waals surface area contributed by atoms with Crippen LogP contribution in [0.25, 0.3) is 0 Å². The van der Waals surface area contributed by atoms with E-state index in [0.717, 1.165) is 37.1 Å². The molecule has 0 aromatic heterocycles. The molecule has 1 heterocycles. The normalized spacial score (nSPS) is 13.5. The van der Waals surface area contributed by atoms with E-state index in [4.69, 9.17) is 5.73 Å². The quantitative estimate of drug-likeness (QED) is 0.850. The lowest BCUT2D eigenvalue weighted by atomic mass is 10.1. The van der Waals surface area contributed by atoms with Gasteiger partial charge in [-0.25, -0.2) is 4.39 Å². The lowest BCUT2D eigenvalue weighted by Crippen LogP contribution is -2.46. The van der Waals surface area contributed by atoms with Gasteiger partial charge in [0.15, 0.2) is 0 Å². The molecule has 0 bridgehead atoms. The molecule has 2 aromatic rings. The number of halogens is 1. The molecule has 0 saturated carbocycles. The number of benzene rings is 2. The Bertz CT molecular complexity index is 817. The third-order valence-electron chi connectivity index (χ3n) is 4.62. The Morgan fingerprint density at radius 3 is 2.32 bits per heavy atom. The third kappa shape index (κ3) is 5.89. The van der Waals surface area contributed by atoms with E-state index in [1.165, 1.54) is 6.07 Å². The van der Waals surface area contributed by atoms with Crippen LogP contribution in [-0.2, 0) is 6.42 Å². The summed E-state index contributed by atoms with van der Waals surface area (Å²) in [4.78, 5) is 24.5. The summed E-state index contributed by atoms with van der Waals surface area (Å²) in [6.07, 6.45) is 1.82. The first-order chi connectivity index (χ1) is 13.4. The van der Waals surface area contributed by atoms with Crippen LogP contribution in [0.1, 0.15) is 45.2 Å². The third-order valence-corrected chi connectivity index (χ3v) is 4.62. The van der Waals surface area contributed by atoms with Gasteiger partial charge in [0.1, 0.15) is 5.82 Å². The van der Waals surface area contributed by atoms with Crippen molar-refractivity contribution in [2.45, 2.75) is 26.7 Å². The average Bonchev–Trinajstić information content (AvgIpc) is 2.69. The average molecular weight is 385 g/mol. The van der Waals surface area contributed by atoms with E-state index in [1.54, 1.807) is 23.1 Å². The fraction of sp³-hybridized carbons (Fsp3) is 0.364. The Hall–Kier alpha value is -2.73. The first-order valence-corrected chi connectivity index (χ1v) is 9.58. The van der Waals surface area contributed by atoms with Crippen LogP contribution in [0.5, 0.6) is 0 Å². The maximum Gasteiger partial charge on any atom is 0.256 e. The highest BCUT2D eigenvalue weighted by molar-refractivity contribution is 5.95. The van der Waals surface area contributed by atoms with Crippen molar-refractivity contribution in [2.75, 3.05) is 26.2 Å². The van der Waals surface area contributed by atoms with Gasteiger partial charge in [-0.3, -0.25) is 9.59 Å². The molecule has 2 aromatic carbocycles. The van der Waals surface area contributed by atoms with Gasteiger partial charge < -0.3 is 16.0 Å². The van der Waals surface area contributed by atoms with E-state index >= 15 is 0 Å². The summed E-state index contributed by atoms with van der Waals surface area (Å²) >= 11 is 0. The van der Waals surface area contributed by atoms with Crippen LogP contribution in [0.2, 0.25) is 0 Å². The van der Waals surface area contributed by atoms with Gasteiger partial charge in [-0.05, 0) is 42.7 Å². The molecular weight excluding hydrogens is 357 g/mol. The van der Waals surface area contributed by atoms with Crippen molar-refractivity contribution in [1.29, 1.82) is 0 Å². The van der Waals surface area contributed by atoms with Crippen molar-refractivity contribution in [3.63, 3.8) is 0 Å². The Labute approximate surface area is 165 Å². The van der Waals surface area contributed by atoms with E-state index in [9.17, 15) is 14.0 Å². The standard InChI is InChI=1S/C14H19FN2O.C8H9NO/c1-2-3-11-4-5-12(13(15)10-11)14(18)17-8-6-16-7-9-17;1-6-4-2-3-5-7(6)8(9)10/h4-5,10,16H,2-3,6-9H2,1H3;2-5H,1H3,(H2,9,10). The zero-order valence-electron chi connectivity index (χ0n) is 16.5. The van der Waals surface area contributed by atoms with Gasteiger partial charge in [0.25, 0.3) is 5.91 Å². The fourth-order valence-electron chi connectivity index (χ4n) is 3.06. The van der Waals surface area contributed by atoms with Crippen LogP contribution in [0.3, 0.4) is 0 Å².